The van der Waals surface area contributed by atoms with Crippen molar-refractivity contribution < 1.29 is 9.53 Å². The van der Waals surface area contributed by atoms with Crippen LogP contribution in [0.3, 0.4) is 0 Å². The van der Waals surface area contributed by atoms with Gasteiger partial charge in [-0.15, -0.1) is 10.2 Å². The van der Waals surface area contributed by atoms with Gasteiger partial charge in [-0.2, -0.15) is 0 Å². The molecule has 1 saturated heterocycles. The van der Waals surface area contributed by atoms with Crippen LogP contribution in [-0.2, 0) is 4.79 Å². The van der Waals surface area contributed by atoms with Gasteiger partial charge in [0.25, 0.3) is 0 Å². The second-order valence-electron chi connectivity index (χ2n) is 5.68. The van der Waals surface area contributed by atoms with Gasteiger partial charge in [0.15, 0.2) is 4.34 Å². The fraction of sp³-hybridized carbons (Fsp3) is 0.438. The van der Waals surface area contributed by atoms with Crippen LogP contribution < -0.4 is 15.0 Å². The molecule has 2 heterocycles. The Hall–Kier alpha value is -1.51. The number of aryl methyl sites for hydroxylation is 1. The quantitative estimate of drug-likeness (QED) is 0.745. The van der Waals surface area contributed by atoms with Crippen LogP contribution in [0, 0.1) is 6.92 Å². The lowest BCUT2D eigenvalue weighted by Crippen LogP contribution is -2.17. The number of nitrogens with one attached hydrogen (secondary N) is 1. The number of nitrogens with zero attached hydrogens (tertiary/aromatic N) is 3. The number of benzene rings is 1. The SMILES string of the molecule is COc1cc(Cl)c(C)cc1NC(=O)CSc1nnc(N2CCCC2)s1. The Labute approximate surface area is 159 Å². The van der Waals surface area contributed by atoms with E-state index in [2.05, 4.69) is 20.4 Å². The van der Waals surface area contributed by atoms with Gasteiger partial charge < -0.3 is 15.0 Å². The van der Waals surface area contributed by atoms with Gasteiger partial charge in [-0.1, -0.05) is 34.7 Å². The zero-order valence-electron chi connectivity index (χ0n) is 14.0. The summed E-state index contributed by atoms with van der Waals surface area (Å²) in [5.41, 5.74) is 1.50. The molecule has 134 valence electrons. The second-order valence-corrected chi connectivity index (χ2v) is 8.27. The van der Waals surface area contributed by atoms with Crippen LogP contribution >= 0.6 is 34.7 Å². The number of aromatic nitrogens is 2. The Morgan fingerprint density at radius 2 is 2.16 bits per heavy atom. The molecule has 0 aliphatic carbocycles. The van der Waals surface area contributed by atoms with Crippen molar-refractivity contribution >= 4 is 51.4 Å². The fourth-order valence-corrected chi connectivity index (χ4v) is 4.39. The van der Waals surface area contributed by atoms with Crippen molar-refractivity contribution in [1.29, 1.82) is 0 Å². The molecule has 25 heavy (non-hydrogen) atoms. The summed E-state index contributed by atoms with van der Waals surface area (Å²) >= 11 is 9.01. The number of hydrogen-bond donors (Lipinski definition) is 1. The largest absolute Gasteiger partial charge is 0.495 e. The van der Waals surface area contributed by atoms with Gasteiger partial charge >= 0.3 is 0 Å². The summed E-state index contributed by atoms with van der Waals surface area (Å²) in [4.78, 5) is 14.5. The maximum atomic E-state index is 12.2. The van der Waals surface area contributed by atoms with Crippen molar-refractivity contribution in [3.63, 3.8) is 0 Å². The van der Waals surface area contributed by atoms with E-state index in [1.165, 1.54) is 35.9 Å². The number of rotatable bonds is 6. The summed E-state index contributed by atoms with van der Waals surface area (Å²) < 4.78 is 6.08. The summed E-state index contributed by atoms with van der Waals surface area (Å²) in [6.45, 7) is 3.96. The summed E-state index contributed by atoms with van der Waals surface area (Å²) in [6, 6.07) is 3.51. The van der Waals surface area contributed by atoms with E-state index in [9.17, 15) is 4.79 Å². The zero-order chi connectivity index (χ0) is 17.8. The number of hydrogen-bond acceptors (Lipinski definition) is 7. The number of thioether (sulfide) groups is 1. The molecule has 1 aliphatic rings. The molecule has 0 unspecified atom stereocenters. The lowest BCUT2D eigenvalue weighted by atomic mass is 10.2. The Morgan fingerprint density at radius 3 is 2.88 bits per heavy atom. The minimum atomic E-state index is -0.122. The van der Waals surface area contributed by atoms with Crippen LogP contribution in [0.4, 0.5) is 10.8 Å². The smallest absolute Gasteiger partial charge is 0.234 e. The number of anilines is 2. The molecule has 1 aromatic carbocycles. The summed E-state index contributed by atoms with van der Waals surface area (Å²) in [6.07, 6.45) is 2.40. The molecule has 1 fully saturated rings. The Balaban J connectivity index is 1.57. The third kappa shape index (κ3) is 4.56. The molecule has 1 aromatic heterocycles. The number of methoxy groups -OCH3 is 1. The molecule has 1 aliphatic heterocycles. The molecule has 2 aromatic rings. The first-order valence-electron chi connectivity index (χ1n) is 7.92. The number of carbonyl (C=O) groups excluding carboxylic acids is 1. The number of ether oxygens (including phenoxy) is 1. The third-order valence-corrected chi connectivity index (χ3v) is 6.38. The standard InChI is InChI=1S/C16H19ClN4O2S2/c1-10-7-12(13(23-2)8-11(10)17)18-14(22)9-24-16-20-19-15(25-16)21-5-3-4-6-21/h7-8H,3-6,9H2,1-2H3,(H,18,22). The maximum Gasteiger partial charge on any atom is 0.234 e. The van der Waals surface area contributed by atoms with E-state index in [0.29, 0.717) is 16.5 Å². The first-order chi connectivity index (χ1) is 12.1. The molecular weight excluding hydrogens is 380 g/mol. The summed E-state index contributed by atoms with van der Waals surface area (Å²) in [5.74, 6) is 0.684. The number of halogens is 1. The molecule has 0 atom stereocenters. The predicted molar refractivity (Wildman–Crippen MR) is 103 cm³/mol. The molecule has 1 amide bonds. The molecule has 1 N–H and O–H groups in total. The molecule has 9 heteroatoms. The highest BCUT2D eigenvalue weighted by molar-refractivity contribution is 8.01. The van der Waals surface area contributed by atoms with Gasteiger partial charge in [0, 0.05) is 24.2 Å². The number of amides is 1. The van der Waals surface area contributed by atoms with Crippen LogP contribution in [-0.4, -0.2) is 42.1 Å². The predicted octanol–water partition coefficient (Wildman–Crippen LogP) is 3.84. The van der Waals surface area contributed by atoms with E-state index in [-0.39, 0.29) is 11.7 Å². The highest BCUT2D eigenvalue weighted by Gasteiger charge is 2.17. The van der Waals surface area contributed by atoms with Crippen molar-refractivity contribution in [2.45, 2.75) is 24.1 Å². The summed E-state index contributed by atoms with van der Waals surface area (Å²) in [7, 11) is 1.55. The van der Waals surface area contributed by atoms with Crippen LogP contribution in [0.25, 0.3) is 0 Å². The Kier molecular flexibility index (Phi) is 6.03. The molecule has 6 nitrogen and oxygen atoms in total. The van der Waals surface area contributed by atoms with Crippen molar-refractivity contribution in [2.24, 2.45) is 0 Å². The van der Waals surface area contributed by atoms with Crippen LogP contribution in [0.5, 0.6) is 5.75 Å². The van der Waals surface area contributed by atoms with Gasteiger partial charge in [-0.3, -0.25) is 4.79 Å². The molecule has 0 saturated carbocycles. The van der Waals surface area contributed by atoms with Gasteiger partial charge in [-0.25, -0.2) is 0 Å². The number of carbonyl (C=O) groups is 1. The Morgan fingerprint density at radius 1 is 1.40 bits per heavy atom. The summed E-state index contributed by atoms with van der Waals surface area (Å²) in [5, 5.41) is 12.8. The maximum absolute atomic E-state index is 12.2. The first kappa shape index (κ1) is 18.3. The van der Waals surface area contributed by atoms with Gasteiger partial charge in [0.1, 0.15) is 5.75 Å². The minimum absolute atomic E-state index is 0.122. The lowest BCUT2D eigenvalue weighted by molar-refractivity contribution is -0.113. The molecular formula is C16H19ClN4O2S2. The van der Waals surface area contributed by atoms with Crippen molar-refractivity contribution in [1.82, 2.24) is 10.2 Å². The van der Waals surface area contributed by atoms with Gasteiger partial charge in [-0.05, 0) is 31.4 Å². The van der Waals surface area contributed by atoms with E-state index >= 15 is 0 Å². The molecule has 0 radical (unpaired) electrons. The highest BCUT2D eigenvalue weighted by Crippen LogP contribution is 2.32. The van der Waals surface area contributed by atoms with E-state index in [1.807, 2.05) is 6.92 Å². The topological polar surface area (TPSA) is 67.3 Å². The van der Waals surface area contributed by atoms with Crippen LogP contribution in [0.1, 0.15) is 18.4 Å². The molecule has 0 spiro atoms. The van der Waals surface area contributed by atoms with E-state index in [1.54, 1.807) is 19.2 Å². The third-order valence-electron chi connectivity index (χ3n) is 3.85. The fourth-order valence-electron chi connectivity index (χ4n) is 2.54. The van der Waals surface area contributed by atoms with E-state index in [4.69, 9.17) is 16.3 Å². The normalized spacial score (nSPS) is 14.0. The average molecular weight is 399 g/mol. The average Bonchev–Trinajstić information content (AvgIpc) is 3.27. The van der Waals surface area contributed by atoms with E-state index in [0.717, 1.165) is 28.1 Å². The second kappa shape index (κ2) is 8.25. The van der Waals surface area contributed by atoms with Crippen molar-refractivity contribution in [3.05, 3.63) is 22.7 Å². The lowest BCUT2D eigenvalue weighted by Gasteiger charge is -2.12. The molecule has 0 bridgehead atoms. The monoisotopic (exact) mass is 398 g/mol. The zero-order valence-corrected chi connectivity index (χ0v) is 16.4. The van der Waals surface area contributed by atoms with Gasteiger partial charge in [0.05, 0.1) is 18.6 Å². The first-order valence-corrected chi connectivity index (χ1v) is 10.1. The van der Waals surface area contributed by atoms with Crippen LogP contribution in [0.2, 0.25) is 5.02 Å². The highest BCUT2D eigenvalue weighted by atomic mass is 35.5. The Bertz CT molecular complexity index is 763. The van der Waals surface area contributed by atoms with Crippen LogP contribution in [0.15, 0.2) is 16.5 Å². The van der Waals surface area contributed by atoms with Gasteiger partial charge in [0.2, 0.25) is 11.0 Å². The van der Waals surface area contributed by atoms with Crippen molar-refractivity contribution in [2.75, 3.05) is 36.2 Å². The molecule has 3 rings (SSSR count). The van der Waals surface area contributed by atoms with E-state index < -0.39 is 0 Å². The van der Waals surface area contributed by atoms with Crippen molar-refractivity contribution in [3.8, 4) is 5.75 Å². The minimum Gasteiger partial charge on any atom is -0.495 e.